The number of carbonyl (C=O) groups excluding carboxylic acids is 1. The normalized spacial score (nSPS) is 10.6. The number of benzene rings is 1. The summed E-state index contributed by atoms with van der Waals surface area (Å²) in [4.78, 5) is 9.26. The first-order chi connectivity index (χ1) is 12.9. The Balaban J connectivity index is 0. The summed E-state index contributed by atoms with van der Waals surface area (Å²) >= 11 is 0. The summed E-state index contributed by atoms with van der Waals surface area (Å²) in [5.74, 6) is -0.995. The number of hydrogen-bond acceptors (Lipinski definition) is 5. The maximum Gasteiger partial charge on any atom is 0.0633 e. The van der Waals surface area contributed by atoms with Crippen LogP contribution in [0.2, 0.25) is 0 Å². The zero-order chi connectivity index (χ0) is 20.5. The van der Waals surface area contributed by atoms with Crippen LogP contribution in [-0.2, 0) is 17.6 Å². The highest BCUT2D eigenvalue weighted by atomic mass is 35.5. The fourth-order valence-corrected chi connectivity index (χ4v) is 2.58. The second-order valence-electron chi connectivity index (χ2n) is 7.24. The average Bonchev–Trinajstić information content (AvgIpc) is 2.70. The lowest BCUT2D eigenvalue weighted by Gasteiger charge is -2.24. The molecule has 4 N–H and O–H groups in total. The van der Waals surface area contributed by atoms with E-state index in [2.05, 4.69) is 31.2 Å². The van der Waals surface area contributed by atoms with E-state index in [1.807, 2.05) is 0 Å². The summed E-state index contributed by atoms with van der Waals surface area (Å²) in [6.07, 6.45) is 10.6. The molecule has 0 unspecified atom stereocenters. The first kappa shape index (κ1) is 29.1. The molecule has 6 heteroatoms. The minimum atomic E-state index is -0.995. The molecule has 0 atom stereocenters. The largest absolute Gasteiger partial charge is 0.550 e. The van der Waals surface area contributed by atoms with Crippen LogP contribution in [0.25, 0.3) is 0 Å². The third kappa shape index (κ3) is 14.9. The van der Waals surface area contributed by atoms with Crippen molar-refractivity contribution in [3.05, 3.63) is 35.4 Å². The Bertz CT molecular complexity index is 490. The van der Waals surface area contributed by atoms with E-state index in [0.717, 1.165) is 12.8 Å². The molecule has 0 amide bonds. The molecule has 28 heavy (non-hydrogen) atoms. The number of hydrogen-bond donors (Lipinski definition) is 3. The van der Waals surface area contributed by atoms with Crippen LogP contribution in [0.15, 0.2) is 24.3 Å². The van der Waals surface area contributed by atoms with Gasteiger partial charge in [-0.2, -0.15) is 0 Å². The Kier molecular flexibility index (Phi) is 18.6. The van der Waals surface area contributed by atoms with Gasteiger partial charge in [0, 0.05) is 5.97 Å². The van der Waals surface area contributed by atoms with Crippen LogP contribution >= 0.6 is 12.4 Å². The summed E-state index contributed by atoms with van der Waals surface area (Å²) in [5.41, 5.74) is 7.63. The molecule has 0 saturated heterocycles. The molecule has 5 nitrogen and oxygen atoms in total. The first-order valence-corrected chi connectivity index (χ1v) is 10.2. The fraction of sp³-hybridized carbons (Fsp3) is 0.682. The number of aryl methyl sites for hydroxylation is 2. The molecular formula is C22H39ClNO4-. The SMILES string of the molecule is CCC(=O)[O-].CCCCCCCCc1ccc(CCC(N)(CO)CO)cc1.Cl. The van der Waals surface area contributed by atoms with Crippen molar-refractivity contribution >= 4 is 18.4 Å². The Hall–Kier alpha value is -1.14. The third-order valence-corrected chi connectivity index (χ3v) is 4.67. The molecule has 0 aliphatic rings. The van der Waals surface area contributed by atoms with Crippen LogP contribution in [-0.4, -0.2) is 34.9 Å². The lowest BCUT2D eigenvalue weighted by molar-refractivity contribution is -0.305. The molecule has 0 fully saturated rings. The smallest absolute Gasteiger partial charge is 0.0633 e. The zero-order valence-electron chi connectivity index (χ0n) is 17.5. The predicted molar refractivity (Wildman–Crippen MR) is 115 cm³/mol. The summed E-state index contributed by atoms with van der Waals surface area (Å²) in [6, 6.07) is 8.66. The van der Waals surface area contributed by atoms with Crippen molar-refractivity contribution in [2.24, 2.45) is 5.73 Å². The highest BCUT2D eigenvalue weighted by Gasteiger charge is 2.22. The average molecular weight is 417 g/mol. The van der Waals surface area contributed by atoms with Gasteiger partial charge in [-0.25, -0.2) is 0 Å². The van der Waals surface area contributed by atoms with Crippen molar-refractivity contribution < 1.29 is 20.1 Å². The van der Waals surface area contributed by atoms with Crippen molar-refractivity contribution in [3.8, 4) is 0 Å². The Labute approximate surface area is 176 Å². The van der Waals surface area contributed by atoms with Crippen LogP contribution in [0.1, 0.15) is 76.3 Å². The van der Waals surface area contributed by atoms with E-state index in [-0.39, 0.29) is 32.0 Å². The summed E-state index contributed by atoms with van der Waals surface area (Å²) in [6.45, 7) is 3.42. The standard InChI is InChI=1S/C19H33NO2.C3H6O2.ClH/c1-2-3-4-5-6-7-8-17-9-11-18(12-10-17)13-14-19(20,15-21)16-22;1-2-3(4)5;/h9-12,21-22H,2-8,13-16,20H2,1H3;2H2,1H3,(H,4,5);1H/p-1. The van der Waals surface area contributed by atoms with Crippen molar-refractivity contribution in [3.63, 3.8) is 0 Å². The highest BCUT2D eigenvalue weighted by Crippen LogP contribution is 2.14. The first-order valence-electron chi connectivity index (χ1n) is 10.2. The summed E-state index contributed by atoms with van der Waals surface area (Å²) in [7, 11) is 0. The van der Waals surface area contributed by atoms with Crippen molar-refractivity contribution in [2.45, 2.75) is 83.6 Å². The van der Waals surface area contributed by atoms with E-state index < -0.39 is 11.5 Å². The van der Waals surface area contributed by atoms with Gasteiger partial charge in [0.2, 0.25) is 0 Å². The number of nitrogens with two attached hydrogens (primary N) is 1. The lowest BCUT2D eigenvalue weighted by atomic mass is 9.93. The molecule has 1 aromatic rings. The number of aliphatic hydroxyl groups excluding tert-OH is 2. The molecule has 0 saturated carbocycles. The van der Waals surface area contributed by atoms with Gasteiger partial charge in [-0.1, -0.05) is 70.2 Å². The number of carboxylic acid groups (broad SMARTS) is 1. The van der Waals surface area contributed by atoms with E-state index in [1.54, 1.807) is 0 Å². The monoisotopic (exact) mass is 416 g/mol. The van der Waals surface area contributed by atoms with E-state index in [0.29, 0.717) is 6.42 Å². The predicted octanol–water partition coefficient (Wildman–Crippen LogP) is 2.77. The summed E-state index contributed by atoms with van der Waals surface area (Å²) in [5, 5.41) is 27.7. The molecule has 0 aliphatic carbocycles. The molecule has 0 aliphatic heterocycles. The van der Waals surface area contributed by atoms with E-state index in [4.69, 9.17) is 5.73 Å². The van der Waals surface area contributed by atoms with Crippen LogP contribution in [0.5, 0.6) is 0 Å². The Morgan fingerprint density at radius 3 is 1.79 bits per heavy atom. The number of aliphatic hydroxyl groups is 2. The van der Waals surface area contributed by atoms with Gasteiger partial charge in [0.1, 0.15) is 0 Å². The van der Waals surface area contributed by atoms with Crippen molar-refractivity contribution in [1.29, 1.82) is 0 Å². The quantitative estimate of drug-likeness (QED) is 0.428. The number of carbonyl (C=O) groups is 1. The third-order valence-electron chi connectivity index (χ3n) is 4.67. The molecule has 1 aromatic carbocycles. The van der Waals surface area contributed by atoms with Gasteiger partial charge in [-0.3, -0.25) is 0 Å². The molecule has 164 valence electrons. The van der Waals surface area contributed by atoms with Crippen molar-refractivity contribution in [1.82, 2.24) is 0 Å². The second kappa shape index (κ2) is 17.9. The van der Waals surface area contributed by atoms with E-state index in [1.165, 1.54) is 56.6 Å². The topological polar surface area (TPSA) is 107 Å². The number of aliphatic carboxylic acids is 1. The minimum Gasteiger partial charge on any atom is -0.550 e. The number of carboxylic acids is 1. The number of unbranched alkanes of at least 4 members (excludes halogenated alkanes) is 5. The molecule has 0 spiro atoms. The van der Waals surface area contributed by atoms with Crippen molar-refractivity contribution in [2.75, 3.05) is 13.2 Å². The number of halogens is 1. The molecule has 0 bridgehead atoms. The van der Waals surface area contributed by atoms with Gasteiger partial charge in [-0.05, 0) is 43.2 Å². The van der Waals surface area contributed by atoms with Crippen LogP contribution < -0.4 is 10.8 Å². The Morgan fingerprint density at radius 2 is 1.36 bits per heavy atom. The molecule has 1 rings (SSSR count). The van der Waals surface area contributed by atoms with Gasteiger partial charge in [-0.15, -0.1) is 12.4 Å². The van der Waals surface area contributed by atoms with Gasteiger partial charge in [0.15, 0.2) is 0 Å². The van der Waals surface area contributed by atoms with Crippen LogP contribution in [0.3, 0.4) is 0 Å². The van der Waals surface area contributed by atoms with Crippen LogP contribution in [0, 0.1) is 0 Å². The molecule has 0 radical (unpaired) electrons. The van der Waals surface area contributed by atoms with E-state index >= 15 is 0 Å². The molecule has 0 heterocycles. The zero-order valence-corrected chi connectivity index (χ0v) is 18.3. The van der Waals surface area contributed by atoms with E-state index in [9.17, 15) is 20.1 Å². The summed E-state index contributed by atoms with van der Waals surface area (Å²) < 4.78 is 0. The highest BCUT2D eigenvalue weighted by molar-refractivity contribution is 5.85. The van der Waals surface area contributed by atoms with Gasteiger partial charge < -0.3 is 25.8 Å². The maximum atomic E-state index is 9.26. The van der Waals surface area contributed by atoms with Crippen LogP contribution in [0.4, 0.5) is 0 Å². The Morgan fingerprint density at radius 1 is 0.929 bits per heavy atom. The number of rotatable bonds is 13. The van der Waals surface area contributed by atoms with Gasteiger partial charge in [0.05, 0.1) is 18.8 Å². The fourth-order valence-electron chi connectivity index (χ4n) is 2.58. The maximum absolute atomic E-state index is 9.26. The minimum absolute atomic E-state index is 0. The molecular weight excluding hydrogens is 378 g/mol. The van der Waals surface area contributed by atoms with Gasteiger partial charge in [0.25, 0.3) is 0 Å². The van der Waals surface area contributed by atoms with Gasteiger partial charge >= 0.3 is 0 Å². The second-order valence-corrected chi connectivity index (χ2v) is 7.24. The lowest BCUT2D eigenvalue weighted by Crippen LogP contribution is -2.47. The molecule has 0 aromatic heterocycles.